The third-order valence-corrected chi connectivity index (χ3v) is 3.22. The molecule has 92 valence electrons. The fourth-order valence-electron chi connectivity index (χ4n) is 1.23. The van der Waals surface area contributed by atoms with Gasteiger partial charge in [-0.1, -0.05) is 11.6 Å². The Morgan fingerprint density at radius 3 is 2.56 bits per heavy atom. The molecule has 1 rings (SSSR count). The highest BCUT2D eigenvalue weighted by Crippen LogP contribution is 2.22. The van der Waals surface area contributed by atoms with E-state index in [2.05, 4.69) is 5.32 Å². The first kappa shape index (κ1) is 13.8. The van der Waals surface area contributed by atoms with Crippen LogP contribution in [0.3, 0.4) is 0 Å². The Balaban J connectivity index is 2.00. The summed E-state index contributed by atoms with van der Waals surface area (Å²) in [7, 11) is 0. The molecule has 0 unspecified atom stereocenters. The van der Waals surface area contributed by atoms with Crippen molar-refractivity contribution in [3.8, 4) is 0 Å². The normalized spacial score (nSPS) is 12.0. The molecule has 1 nitrogen and oxygen atoms in total. The summed E-state index contributed by atoms with van der Waals surface area (Å²) in [4.78, 5) is 1.10. The number of halogens is 4. The van der Waals surface area contributed by atoms with Gasteiger partial charge in [-0.05, 0) is 31.5 Å². The molecule has 0 aromatic carbocycles. The number of unbranched alkanes of at least 4 members (excludes halogenated alkanes) is 1. The van der Waals surface area contributed by atoms with Crippen molar-refractivity contribution in [2.45, 2.75) is 32.0 Å². The van der Waals surface area contributed by atoms with Crippen LogP contribution >= 0.6 is 22.9 Å². The third kappa shape index (κ3) is 6.35. The molecule has 1 N–H and O–H groups in total. The fraction of sp³-hybridized carbons (Fsp3) is 0.600. The van der Waals surface area contributed by atoms with E-state index in [4.69, 9.17) is 11.6 Å². The molecule has 0 fully saturated rings. The number of nitrogens with one attached hydrogen (secondary N) is 1. The van der Waals surface area contributed by atoms with Crippen molar-refractivity contribution in [2.75, 3.05) is 6.54 Å². The Morgan fingerprint density at radius 2 is 2.00 bits per heavy atom. The van der Waals surface area contributed by atoms with Crippen LogP contribution in [0.5, 0.6) is 0 Å². The minimum Gasteiger partial charge on any atom is -0.312 e. The van der Waals surface area contributed by atoms with Gasteiger partial charge in [-0.25, -0.2) is 0 Å². The Morgan fingerprint density at radius 1 is 1.25 bits per heavy atom. The third-order valence-electron chi connectivity index (χ3n) is 1.99. The van der Waals surface area contributed by atoms with E-state index >= 15 is 0 Å². The number of hydrogen-bond donors (Lipinski definition) is 1. The van der Waals surface area contributed by atoms with Crippen LogP contribution in [0.15, 0.2) is 12.1 Å². The van der Waals surface area contributed by atoms with Crippen molar-refractivity contribution in [1.29, 1.82) is 0 Å². The monoisotopic (exact) mass is 271 g/mol. The van der Waals surface area contributed by atoms with Gasteiger partial charge in [0.1, 0.15) is 0 Å². The molecule has 0 aliphatic carbocycles. The zero-order valence-electron chi connectivity index (χ0n) is 8.61. The van der Waals surface area contributed by atoms with Gasteiger partial charge >= 0.3 is 6.18 Å². The van der Waals surface area contributed by atoms with Crippen LogP contribution in [0.1, 0.15) is 24.1 Å². The molecule has 0 bridgehead atoms. The number of rotatable bonds is 6. The molecule has 0 aliphatic rings. The molecule has 0 saturated carbocycles. The van der Waals surface area contributed by atoms with Crippen LogP contribution < -0.4 is 5.32 Å². The summed E-state index contributed by atoms with van der Waals surface area (Å²) in [6, 6.07) is 3.72. The summed E-state index contributed by atoms with van der Waals surface area (Å²) < 4.78 is 36.1. The zero-order chi connectivity index (χ0) is 12.0. The van der Waals surface area contributed by atoms with Gasteiger partial charge in [-0.3, -0.25) is 0 Å². The van der Waals surface area contributed by atoms with Gasteiger partial charge in [-0.2, -0.15) is 13.2 Å². The minimum atomic E-state index is -4.03. The molecule has 1 heterocycles. The van der Waals surface area contributed by atoms with Crippen molar-refractivity contribution in [1.82, 2.24) is 5.32 Å². The molecule has 16 heavy (non-hydrogen) atoms. The molecule has 0 aliphatic heterocycles. The molecular formula is C10H13ClF3NS. The van der Waals surface area contributed by atoms with Crippen molar-refractivity contribution >= 4 is 22.9 Å². The van der Waals surface area contributed by atoms with Gasteiger partial charge in [0.25, 0.3) is 0 Å². The Bertz CT molecular complexity index is 311. The average Bonchev–Trinajstić information content (AvgIpc) is 2.56. The lowest BCUT2D eigenvalue weighted by atomic mass is 10.2. The lowest BCUT2D eigenvalue weighted by Gasteiger charge is -2.06. The highest BCUT2D eigenvalue weighted by Gasteiger charge is 2.25. The molecule has 1 aromatic rings. The maximum Gasteiger partial charge on any atom is 0.389 e. The van der Waals surface area contributed by atoms with Gasteiger partial charge < -0.3 is 5.32 Å². The van der Waals surface area contributed by atoms with Gasteiger partial charge in [-0.15, -0.1) is 11.3 Å². The summed E-state index contributed by atoms with van der Waals surface area (Å²) in [5.74, 6) is 0. The topological polar surface area (TPSA) is 12.0 Å². The lowest BCUT2D eigenvalue weighted by Crippen LogP contribution is -2.15. The smallest absolute Gasteiger partial charge is 0.312 e. The van der Waals surface area contributed by atoms with Crippen LogP contribution in [0.4, 0.5) is 13.2 Å². The predicted octanol–water partition coefficient (Wildman–Crippen LogP) is 4.22. The molecule has 0 spiro atoms. The Hall–Kier alpha value is -0.260. The first-order valence-electron chi connectivity index (χ1n) is 4.99. The van der Waals surface area contributed by atoms with Crippen LogP contribution in [-0.2, 0) is 6.54 Å². The second-order valence-electron chi connectivity index (χ2n) is 3.45. The summed E-state index contributed by atoms with van der Waals surface area (Å²) in [5.41, 5.74) is 0. The van der Waals surface area contributed by atoms with E-state index in [-0.39, 0.29) is 6.42 Å². The minimum absolute atomic E-state index is 0.182. The Labute approximate surface area is 102 Å². The van der Waals surface area contributed by atoms with Crippen molar-refractivity contribution < 1.29 is 13.2 Å². The van der Waals surface area contributed by atoms with Crippen molar-refractivity contribution in [2.24, 2.45) is 0 Å². The standard InChI is InChI=1S/C10H13ClF3NS/c11-9-4-3-8(16-9)7-15-6-2-1-5-10(12,13)14/h3-4,15H,1-2,5-7H2. The van der Waals surface area contributed by atoms with E-state index in [1.807, 2.05) is 12.1 Å². The van der Waals surface area contributed by atoms with E-state index in [0.717, 1.165) is 9.21 Å². The Kier molecular flexibility index (Phi) is 5.58. The van der Waals surface area contributed by atoms with Gasteiger partial charge in [0.15, 0.2) is 0 Å². The molecule has 0 amide bonds. The second kappa shape index (κ2) is 6.47. The van der Waals surface area contributed by atoms with E-state index < -0.39 is 12.6 Å². The van der Waals surface area contributed by atoms with E-state index in [0.29, 0.717) is 19.5 Å². The average molecular weight is 272 g/mol. The molecule has 0 saturated heterocycles. The molecule has 6 heteroatoms. The predicted molar refractivity (Wildman–Crippen MR) is 60.9 cm³/mol. The summed E-state index contributed by atoms with van der Waals surface area (Å²) in [5, 5.41) is 3.09. The molecule has 0 radical (unpaired) electrons. The van der Waals surface area contributed by atoms with E-state index in [1.165, 1.54) is 11.3 Å². The zero-order valence-corrected chi connectivity index (χ0v) is 10.2. The van der Waals surface area contributed by atoms with E-state index in [9.17, 15) is 13.2 Å². The maximum absolute atomic E-state index is 11.8. The first-order chi connectivity index (χ1) is 7.47. The first-order valence-corrected chi connectivity index (χ1v) is 6.18. The highest BCUT2D eigenvalue weighted by molar-refractivity contribution is 7.16. The largest absolute Gasteiger partial charge is 0.389 e. The quantitative estimate of drug-likeness (QED) is 0.764. The van der Waals surface area contributed by atoms with Crippen LogP contribution in [0, 0.1) is 0 Å². The van der Waals surface area contributed by atoms with Crippen LogP contribution in [0.2, 0.25) is 4.34 Å². The molecule has 1 aromatic heterocycles. The SMILES string of the molecule is FC(F)(F)CCCCNCc1ccc(Cl)s1. The van der Waals surface area contributed by atoms with Crippen LogP contribution in [-0.4, -0.2) is 12.7 Å². The molecular weight excluding hydrogens is 259 g/mol. The highest BCUT2D eigenvalue weighted by atomic mass is 35.5. The summed E-state index contributed by atoms with van der Waals surface area (Å²) >= 11 is 7.22. The summed E-state index contributed by atoms with van der Waals surface area (Å²) in [6.07, 6.45) is -4.00. The number of thiophene rings is 1. The molecule has 0 atom stereocenters. The maximum atomic E-state index is 11.8. The van der Waals surface area contributed by atoms with Gasteiger partial charge in [0, 0.05) is 17.8 Å². The van der Waals surface area contributed by atoms with E-state index in [1.54, 1.807) is 0 Å². The van der Waals surface area contributed by atoms with Crippen LogP contribution in [0.25, 0.3) is 0 Å². The van der Waals surface area contributed by atoms with Gasteiger partial charge in [0.05, 0.1) is 4.34 Å². The second-order valence-corrected chi connectivity index (χ2v) is 5.25. The number of hydrogen-bond acceptors (Lipinski definition) is 2. The lowest BCUT2D eigenvalue weighted by molar-refractivity contribution is -0.135. The summed E-state index contributed by atoms with van der Waals surface area (Å²) in [6.45, 7) is 1.27. The fourth-order valence-corrected chi connectivity index (χ4v) is 2.29. The van der Waals surface area contributed by atoms with Crippen molar-refractivity contribution in [3.63, 3.8) is 0 Å². The van der Waals surface area contributed by atoms with Crippen molar-refractivity contribution in [3.05, 3.63) is 21.3 Å². The number of alkyl halides is 3. The van der Waals surface area contributed by atoms with Gasteiger partial charge in [0.2, 0.25) is 0 Å².